The van der Waals surface area contributed by atoms with Crippen LogP contribution in [0.4, 0.5) is 18.0 Å². The number of carbonyl (C=O) groups is 2. The van der Waals surface area contributed by atoms with Gasteiger partial charge in [-0.25, -0.2) is 4.79 Å². The summed E-state index contributed by atoms with van der Waals surface area (Å²) in [6.45, 7) is 8.90. The molecule has 1 aliphatic heterocycles. The molecule has 3 unspecified atom stereocenters. The summed E-state index contributed by atoms with van der Waals surface area (Å²) in [6.07, 6.45) is -0.352. The number of piperidine rings is 1. The first-order chi connectivity index (χ1) is 18.4. The fourth-order valence-corrected chi connectivity index (χ4v) is 4.91. The molecule has 0 aliphatic carbocycles. The van der Waals surface area contributed by atoms with Crippen LogP contribution >= 0.6 is 11.6 Å². The van der Waals surface area contributed by atoms with Gasteiger partial charge in [-0.15, -0.1) is 0 Å². The number of nitrogens with zero attached hydrogens (tertiary/aromatic N) is 3. The highest BCUT2D eigenvalue weighted by atomic mass is 35.5. The number of benzene rings is 1. The Morgan fingerprint density at radius 1 is 1.26 bits per heavy atom. The predicted octanol–water partition coefficient (Wildman–Crippen LogP) is 5.85. The molecule has 1 aromatic heterocycles. The minimum absolute atomic E-state index is 0.0168. The van der Waals surface area contributed by atoms with E-state index in [0.717, 1.165) is 37.2 Å². The van der Waals surface area contributed by atoms with Crippen molar-refractivity contribution < 1.29 is 32.2 Å². The molecule has 1 aliphatic rings. The molecule has 1 amide bonds. The molecule has 0 spiro atoms. The lowest BCUT2D eigenvalue weighted by atomic mass is 9.89. The number of hydrogen-bond donors (Lipinski definition) is 1. The van der Waals surface area contributed by atoms with Crippen molar-refractivity contribution in [1.82, 2.24) is 20.0 Å². The number of hydrogen-bond acceptors (Lipinski definition) is 6. The molecule has 39 heavy (non-hydrogen) atoms. The van der Waals surface area contributed by atoms with E-state index in [4.69, 9.17) is 16.3 Å². The maximum atomic E-state index is 13.3. The maximum Gasteiger partial charge on any atom is 0.416 e. The first kappa shape index (κ1) is 32.4. The number of amides is 1. The zero-order chi connectivity index (χ0) is 29.2. The molecular formula is C27H38ClF3N4O4. The highest BCUT2D eigenvalue weighted by Gasteiger charge is 2.35. The van der Waals surface area contributed by atoms with Crippen LogP contribution in [0.15, 0.2) is 30.5 Å². The van der Waals surface area contributed by atoms with Crippen molar-refractivity contribution in [2.24, 2.45) is 0 Å². The van der Waals surface area contributed by atoms with Crippen molar-refractivity contribution in [3.63, 3.8) is 0 Å². The maximum absolute atomic E-state index is 13.3. The topological polar surface area (TPSA) is 85.7 Å². The van der Waals surface area contributed by atoms with E-state index in [1.54, 1.807) is 20.0 Å². The van der Waals surface area contributed by atoms with Gasteiger partial charge in [-0.2, -0.15) is 18.3 Å². The van der Waals surface area contributed by atoms with Crippen LogP contribution in [0, 0.1) is 0 Å². The van der Waals surface area contributed by atoms with Crippen LogP contribution < -0.4 is 5.32 Å². The third-order valence-electron chi connectivity index (χ3n) is 6.45. The Bertz CT molecular complexity index is 1060. The zero-order valence-corrected chi connectivity index (χ0v) is 23.8. The Labute approximate surface area is 232 Å². The van der Waals surface area contributed by atoms with Gasteiger partial charge in [0.1, 0.15) is 0 Å². The summed E-state index contributed by atoms with van der Waals surface area (Å²) in [5.41, 5.74) is 0.574. The Hall–Kier alpha value is -2.79. The summed E-state index contributed by atoms with van der Waals surface area (Å²) in [5.74, 6) is 0. The van der Waals surface area contributed by atoms with Gasteiger partial charge in [0.15, 0.2) is 0 Å². The van der Waals surface area contributed by atoms with Crippen LogP contribution in [-0.4, -0.2) is 58.6 Å². The standard InChI is InChI=1S/C23H30ClF3N4O2.C4H8O2/c1-4-18-11-21(13-19(29-18)12-20-6-7-28-31(20)5-2)30(22(32)33-3)14-15-8-16(23(25,26)27)10-17(24)9-15;1-4(2)6-3-5/h6-10,18-19,21,29H,4-5,11-14H2,1-3H3;3-4H,1-2H3. The van der Waals surface area contributed by atoms with Crippen LogP contribution in [0.1, 0.15) is 63.8 Å². The van der Waals surface area contributed by atoms with Crippen molar-refractivity contribution in [3.05, 3.63) is 52.3 Å². The Kier molecular flexibility index (Phi) is 12.6. The lowest BCUT2D eigenvalue weighted by Gasteiger charge is -2.41. The second kappa shape index (κ2) is 15.1. The molecule has 3 atom stereocenters. The summed E-state index contributed by atoms with van der Waals surface area (Å²) in [7, 11) is 1.28. The van der Waals surface area contributed by atoms with E-state index in [0.29, 0.717) is 24.9 Å². The molecule has 0 radical (unpaired) electrons. The van der Waals surface area contributed by atoms with Gasteiger partial charge in [0.25, 0.3) is 6.47 Å². The van der Waals surface area contributed by atoms with Crippen molar-refractivity contribution >= 4 is 24.2 Å². The van der Waals surface area contributed by atoms with Crippen LogP contribution in [0.5, 0.6) is 0 Å². The van der Waals surface area contributed by atoms with Gasteiger partial charge < -0.3 is 19.7 Å². The monoisotopic (exact) mass is 574 g/mol. The molecule has 3 rings (SSSR count). The fourth-order valence-electron chi connectivity index (χ4n) is 4.65. The van der Waals surface area contributed by atoms with Gasteiger partial charge >= 0.3 is 12.3 Å². The van der Waals surface area contributed by atoms with E-state index in [1.165, 1.54) is 18.1 Å². The largest absolute Gasteiger partial charge is 0.465 e. The van der Waals surface area contributed by atoms with E-state index in [-0.39, 0.29) is 35.8 Å². The van der Waals surface area contributed by atoms with Gasteiger partial charge in [-0.3, -0.25) is 9.48 Å². The number of nitrogens with one attached hydrogen (secondary N) is 1. The molecule has 218 valence electrons. The van der Waals surface area contributed by atoms with Crippen LogP contribution in [0.3, 0.4) is 0 Å². The van der Waals surface area contributed by atoms with Crippen LogP contribution in [-0.2, 0) is 40.0 Å². The highest BCUT2D eigenvalue weighted by Crippen LogP contribution is 2.33. The number of aromatic nitrogens is 2. The molecule has 1 fully saturated rings. The summed E-state index contributed by atoms with van der Waals surface area (Å²) in [5, 5.41) is 7.95. The van der Waals surface area contributed by atoms with E-state index in [1.807, 2.05) is 17.7 Å². The number of alkyl halides is 3. The molecule has 12 heteroatoms. The number of methoxy groups -OCH3 is 1. The van der Waals surface area contributed by atoms with Crippen LogP contribution in [0.25, 0.3) is 0 Å². The minimum atomic E-state index is -4.52. The average Bonchev–Trinajstić information content (AvgIpc) is 3.33. The smallest absolute Gasteiger partial charge is 0.416 e. The first-order valence-corrected chi connectivity index (χ1v) is 13.4. The molecule has 0 bridgehead atoms. The van der Waals surface area contributed by atoms with Gasteiger partial charge in [-0.1, -0.05) is 18.5 Å². The molecule has 1 saturated heterocycles. The summed E-state index contributed by atoms with van der Waals surface area (Å²) in [6, 6.07) is 5.44. The third kappa shape index (κ3) is 10.0. The van der Waals surface area contributed by atoms with E-state index < -0.39 is 17.8 Å². The third-order valence-corrected chi connectivity index (χ3v) is 6.67. The summed E-state index contributed by atoms with van der Waals surface area (Å²) in [4.78, 5) is 23.6. The van der Waals surface area contributed by atoms with Crippen molar-refractivity contribution in [1.29, 1.82) is 0 Å². The Balaban J connectivity index is 0.000000798. The number of halogens is 4. The van der Waals surface area contributed by atoms with Crippen LogP contribution in [0.2, 0.25) is 5.02 Å². The number of carbonyl (C=O) groups excluding carboxylic acids is 2. The molecule has 1 aromatic carbocycles. The van der Waals surface area contributed by atoms with Crippen molar-refractivity contribution in [2.45, 2.75) is 96.9 Å². The summed E-state index contributed by atoms with van der Waals surface area (Å²) < 4.78 is 51.1. The lowest BCUT2D eigenvalue weighted by molar-refractivity contribution is -0.137. The predicted molar refractivity (Wildman–Crippen MR) is 142 cm³/mol. The second-order valence-electron chi connectivity index (χ2n) is 9.66. The Morgan fingerprint density at radius 3 is 2.49 bits per heavy atom. The molecule has 1 N–H and O–H groups in total. The van der Waals surface area contributed by atoms with Crippen molar-refractivity contribution in [2.75, 3.05) is 7.11 Å². The van der Waals surface area contributed by atoms with E-state index in [2.05, 4.69) is 22.1 Å². The SMILES string of the molecule is CC(C)OC=O.CCC1CC(N(Cc2cc(Cl)cc(C(F)(F)F)c2)C(=O)OC)CC(Cc2ccnn2CC)N1. The molecule has 2 aromatic rings. The number of ether oxygens (including phenoxy) is 2. The van der Waals surface area contributed by atoms with E-state index >= 15 is 0 Å². The van der Waals surface area contributed by atoms with Gasteiger partial charge in [0.05, 0.1) is 18.8 Å². The van der Waals surface area contributed by atoms with Gasteiger partial charge in [0, 0.05) is 54.5 Å². The first-order valence-electron chi connectivity index (χ1n) is 13.0. The number of rotatable bonds is 9. The number of aryl methyl sites for hydroxylation is 1. The normalized spacial score (nSPS) is 19.2. The molecule has 2 heterocycles. The van der Waals surface area contributed by atoms with E-state index in [9.17, 15) is 22.8 Å². The van der Waals surface area contributed by atoms with Crippen molar-refractivity contribution in [3.8, 4) is 0 Å². The van der Waals surface area contributed by atoms with Gasteiger partial charge in [0.2, 0.25) is 0 Å². The minimum Gasteiger partial charge on any atom is -0.465 e. The summed E-state index contributed by atoms with van der Waals surface area (Å²) >= 11 is 5.96. The quantitative estimate of drug-likeness (QED) is 0.378. The second-order valence-corrected chi connectivity index (χ2v) is 10.1. The average molecular weight is 575 g/mol. The molecular weight excluding hydrogens is 537 g/mol. The Morgan fingerprint density at radius 2 is 1.95 bits per heavy atom. The lowest BCUT2D eigenvalue weighted by Crippen LogP contribution is -2.54. The fraction of sp³-hybridized carbons (Fsp3) is 0.593. The zero-order valence-electron chi connectivity index (χ0n) is 23.0. The molecule has 0 saturated carbocycles. The highest BCUT2D eigenvalue weighted by molar-refractivity contribution is 6.30. The molecule has 8 nitrogen and oxygen atoms in total. The van der Waals surface area contributed by atoms with Gasteiger partial charge in [-0.05, 0) is 69.9 Å².